The van der Waals surface area contributed by atoms with E-state index in [4.69, 9.17) is 28.5 Å². The molecule has 0 unspecified atom stereocenters. The molecule has 4 heteroatoms. The largest absolute Gasteiger partial charge is 0.290 e. The van der Waals surface area contributed by atoms with E-state index in [1.807, 2.05) is 6.92 Å². The number of halogens is 2. The average Bonchev–Trinajstić information content (AvgIpc) is 2.06. The highest BCUT2D eigenvalue weighted by Crippen LogP contribution is 2.32. The third-order valence-corrected chi connectivity index (χ3v) is 2.27. The van der Waals surface area contributed by atoms with Gasteiger partial charge in [0.1, 0.15) is 0 Å². The molecule has 12 heavy (non-hydrogen) atoms. The van der Waals surface area contributed by atoms with E-state index in [-0.39, 0.29) is 0 Å². The van der Waals surface area contributed by atoms with E-state index < -0.39 is 0 Å². The van der Waals surface area contributed by atoms with Crippen LogP contribution in [-0.2, 0) is 0 Å². The van der Waals surface area contributed by atoms with Gasteiger partial charge in [-0.05, 0) is 18.6 Å². The quantitative estimate of drug-likeness (QED) is 0.559. The summed E-state index contributed by atoms with van der Waals surface area (Å²) in [5.74, 6) is 0. The first kappa shape index (κ1) is 9.18. The molecule has 0 bridgehead atoms. The fourth-order valence-corrected chi connectivity index (χ4v) is 1.29. The van der Waals surface area contributed by atoms with Crippen molar-refractivity contribution in [2.24, 2.45) is 0 Å². The summed E-state index contributed by atoms with van der Waals surface area (Å²) in [5, 5.41) is 11.7. The lowest BCUT2D eigenvalue weighted by atomic mass is 10.2. The standard InChI is InChI=1S/C8H6Cl2N2/c1-5-2-3-6(9)8(7(5)10)12-4-11/h2-3,12H,1H3. The fourth-order valence-electron chi connectivity index (χ4n) is 0.827. The predicted molar refractivity (Wildman–Crippen MR) is 50.4 cm³/mol. The normalized spacial score (nSPS) is 9.17. The molecule has 0 radical (unpaired) electrons. The Labute approximate surface area is 80.7 Å². The van der Waals surface area contributed by atoms with Crippen molar-refractivity contribution in [1.29, 1.82) is 5.26 Å². The molecule has 0 aliphatic carbocycles. The van der Waals surface area contributed by atoms with Crippen molar-refractivity contribution in [1.82, 2.24) is 0 Å². The number of hydrogen-bond donors (Lipinski definition) is 1. The number of nitriles is 1. The van der Waals surface area contributed by atoms with Gasteiger partial charge in [0.15, 0.2) is 6.19 Å². The van der Waals surface area contributed by atoms with Crippen LogP contribution in [0.25, 0.3) is 0 Å². The fraction of sp³-hybridized carbons (Fsp3) is 0.125. The molecule has 0 saturated carbocycles. The highest BCUT2D eigenvalue weighted by atomic mass is 35.5. The number of nitrogens with one attached hydrogen (secondary N) is 1. The molecule has 1 aromatic carbocycles. The second-order valence-electron chi connectivity index (χ2n) is 2.29. The zero-order valence-electron chi connectivity index (χ0n) is 6.36. The molecule has 0 amide bonds. The van der Waals surface area contributed by atoms with Gasteiger partial charge < -0.3 is 0 Å². The first-order valence-corrected chi connectivity index (χ1v) is 4.02. The summed E-state index contributed by atoms with van der Waals surface area (Å²) in [7, 11) is 0. The second-order valence-corrected chi connectivity index (χ2v) is 3.08. The topological polar surface area (TPSA) is 35.8 Å². The van der Waals surface area contributed by atoms with Gasteiger partial charge in [0.05, 0.1) is 15.7 Å². The van der Waals surface area contributed by atoms with Gasteiger partial charge in [0.25, 0.3) is 0 Å². The Morgan fingerprint density at radius 3 is 2.67 bits per heavy atom. The van der Waals surface area contributed by atoms with Crippen LogP contribution in [0.15, 0.2) is 12.1 Å². The van der Waals surface area contributed by atoms with Crippen molar-refractivity contribution in [3.8, 4) is 6.19 Å². The summed E-state index contributed by atoms with van der Waals surface area (Å²) in [6, 6.07) is 3.50. The molecule has 0 aromatic heterocycles. The van der Waals surface area contributed by atoms with Gasteiger partial charge in [-0.3, -0.25) is 5.32 Å². The Bertz CT molecular complexity index is 342. The molecular formula is C8H6Cl2N2. The molecule has 0 fully saturated rings. The van der Waals surface area contributed by atoms with Crippen LogP contribution < -0.4 is 5.32 Å². The third kappa shape index (κ3) is 1.63. The van der Waals surface area contributed by atoms with E-state index in [0.717, 1.165) is 5.56 Å². The van der Waals surface area contributed by atoms with Crippen molar-refractivity contribution in [2.45, 2.75) is 6.92 Å². The molecule has 0 aliphatic rings. The number of hydrogen-bond acceptors (Lipinski definition) is 2. The summed E-state index contributed by atoms with van der Waals surface area (Å²) in [6.07, 6.45) is 1.77. The lowest BCUT2D eigenvalue weighted by Crippen LogP contribution is -1.91. The van der Waals surface area contributed by atoms with Gasteiger partial charge in [-0.25, -0.2) is 0 Å². The third-order valence-electron chi connectivity index (χ3n) is 1.47. The van der Waals surface area contributed by atoms with E-state index in [9.17, 15) is 0 Å². The Hall–Kier alpha value is -0.910. The van der Waals surface area contributed by atoms with Gasteiger partial charge in [0.2, 0.25) is 0 Å². The van der Waals surface area contributed by atoms with Crippen LogP contribution in [0.3, 0.4) is 0 Å². The monoisotopic (exact) mass is 200 g/mol. The Morgan fingerprint density at radius 1 is 1.42 bits per heavy atom. The minimum absolute atomic E-state index is 0.451. The average molecular weight is 201 g/mol. The first-order valence-electron chi connectivity index (χ1n) is 3.26. The van der Waals surface area contributed by atoms with Crippen LogP contribution in [0.5, 0.6) is 0 Å². The van der Waals surface area contributed by atoms with Crippen LogP contribution in [0.2, 0.25) is 10.0 Å². The van der Waals surface area contributed by atoms with Crippen LogP contribution >= 0.6 is 23.2 Å². The minimum Gasteiger partial charge on any atom is -0.290 e. The summed E-state index contributed by atoms with van der Waals surface area (Å²) < 4.78 is 0. The summed E-state index contributed by atoms with van der Waals surface area (Å²) in [4.78, 5) is 0. The number of nitrogens with zero attached hydrogens (tertiary/aromatic N) is 1. The first-order chi connectivity index (χ1) is 5.66. The minimum atomic E-state index is 0.451. The number of rotatable bonds is 1. The van der Waals surface area contributed by atoms with E-state index in [0.29, 0.717) is 15.7 Å². The predicted octanol–water partition coefficient (Wildman–Crippen LogP) is 3.19. The Morgan fingerprint density at radius 2 is 2.08 bits per heavy atom. The molecular weight excluding hydrogens is 195 g/mol. The SMILES string of the molecule is Cc1ccc(Cl)c(NC#N)c1Cl. The van der Waals surface area contributed by atoms with Gasteiger partial charge >= 0.3 is 0 Å². The lowest BCUT2D eigenvalue weighted by Gasteiger charge is -2.05. The maximum atomic E-state index is 8.38. The maximum Gasteiger partial charge on any atom is 0.181 e. The molecule has 0 atom stereocenters. The van der Waals surface area contributed by atoms with Crippen LogP contribution in [0.1, 0.15) is 5.56 Å². The Kier molecular flexibility index (Phi) is 2.80. The van der Waals surface area contributed by atoms with Crippen molar-refractivity contribution in [3.05, 3.63) is 27.7 Å². The zero-order valence-corrected chi connectivity index (χ0v) is 7.87. The van der Waals surface area contributed by atoms with Gasteiger partial charge in [-0.2, -0.15) is 5.26 Å². The van der Waals surface area contributed by atoms with Gasteiger partial charge in [-0.1, -0.05) is 29.3 Å². The van der Waals surface area contributed by atoms with Crippen LogP contribution in [0.4, 0.5) is 5.69 Å². The van der Waals surface area contributed by atoms with Crippen LogP contribution in [-0.4, -0.2) is 0 Å². The molecule has 0 saturated heterocycles. The van der Waals surface area contributed by atoms with E-state index in [2.05, 4.69) is 5.32 Å². The molecule has 62 valence electrons. The summed E-state index contributed by atoms with van der Waals surface area (Å²) >= 11 is 11.7. The molecule has 0 spiro atoms. The Balaban J connectivity index is 3.25. The summed E-state index contributed by atoms with van der Waals surface area (Å²) in [6.45, 7) is 1.85. The lowest BCUT2D eigenvalue weighted by molar-refractivity contribution is 1.43. The molecule has 2 nitrogen and oxygen atoms in total. The van der Waals surface area contributed by atoms with E-state index in [1.54, 1.807) is 18.3 Å². The molecule has 0 heterocycles. The highest BCUT2D eigenvalue weighted by Gasteiger charge is 2.06. The zero-order chi connectivity index (χ0) is 9.14. The molecule has 1 rings (SSSR count). The van der Waals surface area contributed by atoms with E-state index in [1.165, 1.54) is 0 Å². The van der Waals surface area contributed by atoms with Crippen molar-refractivity contribution < 1.29 is 0 Å². The molecule has 1 N–H and O–H groups in total. The van der Waals surface area contributed by atoms with Gasteiger partial charge in [0, 0.05) is 0 Å². The molecule has 1 aromatic rings. The van der Waals surface area contributed by atoms with Gasteiger partial charge in [-0.15, -0.1) is 0 Å². The van der Waals surface area contributed by atoms with Crippen molar-refractivity contribution >= 4 is 28.9 Å². The van der Waals surface area contributed by atoms with Crippen LogP contribution in [0, 0.1) is 18.4 Å². The van der Waals surface area contributed by atoms with Crippen molar-refractivity contribution in [3.63, 3.8) is 0 Å². The summed E-state index contributed by atoms with van der Waals surface area (Å²) in [5.41, 5.74) is 1.36. The maximum absolute atomic E-state index is 8.38. The smallest absolute Gasteiger partial charge is 0.181 e. The number of benzene rings is 1. The highest BCUT2D eigenvalue weighted by molar-refractivity contribution is 6.39. The second kappa shape index (κ2) is 3.66. The number of anilines is 1. The van der Waals surface area contributed by atoms with E-state index >= 15 is 0 Å². The van der Waals surface area contributed by atoms with Crippen molar-refractivity contribution in [2.75, 3.05) is 5.32 Å². The molecule has 0 aliphatic heterocycles. The number of aryl methyl sites for hydroxylation is 1.